The zero-order valence-corrected chi connectivity index (χ0v) is 14.0. The van der Waals surface area contributed by atoms with E-state index in [0.29, 0.717) is 10.6 Å². The molecule has 0 aliphatic rings. The second-order valence-electron chi connectivity index (χ2n) is 5.41. The number of ether oxygens (including phenoxy) is 1. The second kappa shape index (κ2) is 6.80. The summed E-state index contributed by atoms with van der Waals surface area (Å²) in [6.45, 7) is 7.68. The van der Waals surface area contributed by atoms with E-state index in [2.05, 4.69) is 11.1 Å². The molecule has 0 fully saturated rings. The minimum Gasteiger partial charge on any atom is -0.462 e. The minimum absolute atomic E-state index is 0.140. The Balaban J connectivity index is 2.31. The average molecular weight is 314 g/mol. The lowest BCUT2D eigenvalue weighted by Crippen LogP contribution is -2.13. The summed E-state index contributed by atoms with van der Waals surface area (Å²) >= 11 is 1.24. The molecule has 22 heavy (non-hydrogen) atoms. The number of carbonyl (C=O) groups is 1. The molecule has 1 aromatic carbocycles. The Morgan fingerprint density at radius 1 is 1.32 bits per heavy atom. The third-order valence-corrected chi connectivity index (χ3v) is 4.17. The van der Waals surface area contributed by atoms with Crippen molar-refractivity contribution >= 4 is 28.6 Å². The second-order valence-corrected chi connectivity index (χ2v) is 6.37. The normalized spacial score (nSPS) is 10.7. The van der Waals surface area contributed by atoms with E-state index in [1.807, 2.05) is 45.9 Å². The van der Waals surface area contributed by atoms with Gasteiger partial charge in [0.15, 0.2) is 0 Å². The van der Waals surface area contributed by atoms with Crippen LogP contribution in [0, 0.1) is 25.2 Å². The molecular formula is C17H18N2O2S. The largest absolute Gasteiger partial charge is 0.462 e. The molecule has 0 unspecified atom stereocenters. The predicted octanol–water partition coefficient (Wildman–Crippen LogP) is 3.77. The topological polar surface area (TPSA) is 63.0 Å². The van der Waals surface area contributed by atoms with E-state index < -0.39 is 0 Å². The lowest BCUT2D eigenvalue weighted by molar-refractivity contribution is -0.144. The van der Waals surface area contributed by atoms with Crippen molar-refractivity contribution in [3.63, 3.8) is 0 Å². The lowest BCUT2D eigenvalue weighted by atomic mass is 10.1. The van der Waals surface area contributed by atoms with Crippen molar-refractivity contribution in [3.05, 3.63) is 34.9 Å². The van der Waals surface area contributed by atoms with Crippen LogP contribution in [-0.4, -0.2) is 22.8 Å². The van der Waals surface area contributed by atoms with Crippen molar-refractivity contribution in [2.45, 2.75) is 38.8 Å². The number of esters is 1. The van der Waals surface area contributed by atoms with Crippen LogP contribution in [0.5, 0.6) is 0 Å². The van der Waals surface area contributed by atoms with Crippen LogP contribution in [0.3, 0.4) is 0 Å². The van der Waals surface area contributed by atoms with Gasteiger partial charge >= 0.3 is 5.97 Å². The highest BCUT2D eigenvalue weighted by Gasteiger charge is 2.12. The van der Waals surface area contributed by atoms with Crippen LogP contribution in [-0.2, 0) is 9.53 Å². The van der Waals surface area contributed by atoms with Gasteiger partial charge in [0.2, 0.25) is 0 Å². The van der Waals surface area contributed by atoms with Gasteiger partial charge in [0.25, 0.3) is 0 Å². The summed E-state index contributed by atoms with van der Waals surface area (Å²) in [6.07, 6.45) is -0.140. The van der Waals surface area contributed by atoms with Gasteiger partial charge in [-0.25, -0.2) is 4.98 Å². The van der Waals surface area contributed by atoms with Gasteiger partial charge in [-0.1, -0.05) is 11.8 Å². The molecule has 114 valence electrons. The fourth-order valence-electron chi connectivity index (χ4n) is 2.04. The smallest absolute Gasteiger partial charge is 0.316 e. The Morgan fingerprint density at radius 2 is 2.00 bits per heavy atom. The van der Waals surface area contributed by atoms with Gasteiger partial charge in [-0.15, -0.1) is 0 Å². The Morgan fingerprint density at radius 3 is 2.64 bits per heavy atom. The number of aryl methyl sites for hydroxylation is 2. The molecule has 1 heterocycles. The van der Waals surface area contributed by atoms with Crippen molar-refractivity contribution in [2.24, 2.45) is 0 Å². The monoisotopic (exact) mass is 314 g/mol. The number of carbonyl (C=O) groups excluding carboxylic acids is 1. The number of fused-ring (bicyclic) bond motifs is 1. The number of aromatic nitrogens is 1. The zero-order chi connectivity index (χ0) is 16.3. The highest BCUT2D eigenvalue weighted by molar-refractivity contribution is 7.99. The van der Waals surface area contributed by atoms with Crippen LogP contribution in [0.2, 0.25) is 0 Å². The van der Waals surface area contributed by atoms with E-state index in [0.717, 1.165) is 16.5 Å². The number of hydrogen-bond donors (Lipinski definition) is 0. The predicted molar refractivity (Wildman–Crippen MR) is 87.9 cm³/mol. The molecule has 0 aliphatic carbocycles. The number of nitriles is 1. The van der Waals surface area contributed by atoms with Crippen LogP contribution in [0.1, 0.15) is 30.5 Å². The van der Waals surface area contributed by atoms with E-state index in [1.54, 1.807) is 0 Å². The summed E-state index contributed by atoms with van der Waals surface area (Å²) in [6, 6.07) is 8.01. The Labute approximate surface area is 134 Å². The lowest BCUT2D eigenvalue weighted by Gasteiger charge is -2.09. The molecular weight excluding hydrogens is 296 g/mol. The summed E-state index contributed by atoms with van der Waals surface area (Å²) in [4.78, 5) is 16.2. The van der Waals surface area contributed by atoms with Gasteiger partial charge in [0.1, 0.15) is 11.1 Å². The van der Waals surface area contributed by atoms with Gasteiger partial charge in [-0.2, -0.15) is 5.26 Å². The first-order valence-corrected chi connectivity index (χ1v) is 8.03. The minimum atomic E-state index is -0.300. The van der Waals surface area contributed by atoms with Gasteiger partial charge < -0.3 is 4.74 Å². The molecule has 0 spiro atoms. The number of nitrogens with zero attached hydrogens (tertiary/aromatic N) is 2. The number of hydrogen-bond acceptors (Lipinski definition) is 5. The van der Waals surface area contributed by atoms with Crippen molar-refractivity contribution in [3.8, 4) is 6.07 Å². The van der Waals surface area contributed by atoms with Crippen molar-refractivity contribution in [1.29, 1.82) is 5.26 Å². The highest BCUT2D eigenvalue weighted by atomic mass is 32.2. The summed E-state index contributed by atoms with van der Waals surface area (Å²) in [7, 11) is 0. The molecule has 4 nitrogen and oxygen atoms in total. The first kappa shape index (κ1) is 16.3. The van der Waals surface area contributed by atoms with Crippen molar-refractivity contribution in [1.82, 2.24) is 4.98 Å². The van der Waals surface area contributed by atoms with Gasteiger partial charge in [0, 0.05) is 5.39 Å². The van der Waals surface area contributed by atoms with E-state index in [-0.39, 0.29) is 17.8 Å². The maximum absolute atomic E-state index is 11.6. The Hall–Kier alpha value is -2.06. The number of benzene rings is 1. The third-order valence-electron chi connectivity index (χ3n) is 3.21. The Bertz CT molecular complexity index is 763. The molecule has 0 atom stereocenters. The van der Waals surface area contributed by atoms with E-state index in [9.17, 15) is 10.1 Å². The first-order valence-electron chi connectivity index (χ1n) is 7.05. The fourth-order valence-corrected chi connectivity index (χ4v) is 2.78. The zero-order valence-electron chi connectivity index (χ0n) is 13.1. The van der Waals surface area contributed by atoms with Crippen LogP contribution in [0.15, 0.2) is 23.2 Å². The molecule has 0 aliphatic heterocycles. The standard InChI is InChI=1S/C17H18N2O2S/c1-10(2)21-16(20)9-22-17-14(8-18)7-13-5-11(3)12(4)6-15(13)19-17/h5-7,10H,9H2,1-4H3. The molecule has 0 bridgehead atoms. The summed E-state index contributed by atoms with van der Waals surface area (Å²) in [5.74, 6) is -0.151. The third kappa shape index (κ3) is 3.77. The van der Waals surface area contributed by atoms with Crippen molar-refractivity contribution < 1.29 is 9.53 Å². The molecule has 0 saturated carbocycles. The van der Waals surface area contributed by atoms with Crippen LogP contribution >= 0.6 is 11.8 Å². The first-order chi connectivity index (χ1) is 10.4. The maximum atomic E-state index is 11.6. The molecule has 1 aromatic heterocycles. The molecule has 5 heteroatoms. The SMILES string of the molecule is Cc1cc2cc(C#N)c(SCC(=O)OC(C)C)nc2cc1C. The van der Waals surface area contributed by atoms with Crippen LogP contribution in [0.4, 0.5) is 0 Å². The molecule has 0 amide bonds. The van der Waals surface area contributed by atoms with E-state index in [1.165, 1.54) is 17.3 Å². The van der Waals surface area contributed by atoms with Gasteiger partial charge in [0.05, 0.1) is 22.9 Å². The molecule has 2 aromatic rings. The molecule has 0 N–H and O–H groups in total. The number of rotatable bonds is 4. The quantitative estimate of drug-likeness (QED) is 0.635. The van der Waals surface area contributed by atoms with Gasteiger partial charge in [-0.3, -0.25) is 4.79 Å². The highest BCUT2D eigenvalue weighted by Crippen LogP contribution is 2.26. The number of pyridine rings is 1. The maximum Gasteiger partial charge on any atom is 0.316 e. The van der Waals surface area contributed by atoms with E-state index >= 15 is 0 Å². The van der Waals surface area contributed by atoms with Crippen LogP contribution in [0.25, 0.3) is 10.9 Å². The summed E-state index contributed by atoms with van der Waals surface area (Å²) in [5.41, 5.74) is 3.64. The molecule has 0 saturated heterocycles. The van der Waals surface area contributed by atoms with Gasteiger partial charge in [-0.05, 0) is 57.0 Å². The van der Waals surface area contributed by atoms with E-state index in [4.69, 9.17) is 4.74 Å². The molecule has 2 rings (SSSR count). The summed E-state index contributed by atoms with van der Waals surface area (Å²) in [5, 5.41) is 10.8. The fraction of sp³-hybridized carbons (Fsp3) is 0.353. The van der Waals surface area contributed by atoms with Crippen LogP contribution < -0.4 is 0 Å². The number of thioether (sulfide) groups is 1. The summed E-state index contributed by atoms with van der Waals surface area (Å²) < 4.78 is 5.10. The molecule has 0 radical (unpaired) electrons. The van der Waals surface area contributed by atoms with Crippen molar-refractivity contribution in [2.75, 3.05) is 5.75 Å². The Kier molecular flexibility index (Phi) is 5.04. The average Bonchev–Trinajstić information content (AvgIpc) is 2.45.